The second kappa shape index (κ2) is 10.6. The van der Waals surface area contributed by atoms with Gasteiger partial charge in [-0.1, -0.05) is 28.9 Å². The van der Waals surface area contributed by atoms with Crippen LogP contribution < -0.4 is 0 Å². The maximum Gasteiger partial charge on any atom is 0.248 e. The molecule has 4 heterocycles. The molecular formula is C28H37N3O6S. The highest BCUT2D eigenvalue weighted by atomic mass is 32.2. The van der Waals surface area contributed by atoms with Gasteiger partial charge in [-0.15, -0.1) is 0 Å². The number of rotatable bonds is 5. The minimum atomic E-state index is -3.91. The molecule has 38 heavy (non-hydrogen) atoms. The van der Waals surface area contributed by atoms with E-state index in [0.29, 0.717) is 64.2 Å². The highest BCUT2D eigenvalue weighted by molar-refractivity contribution is 7.89. The van der Waals surface area contributed by atoms with Gasteiger partial charge in [0.25, 0.3) is 0 Å². The van der Waals surface area contributed by atoms with E-state index in [1.54, 1.807) is 13.0 Å². The van der Waals surface area contributed by atoms with Crippen LogP contribution in [-0.4, -0.2) is 73.9 Å². The Morgan fingerprint density at radius 3 is 2.34 bits per heavy atom. The minimum Gasteiger partial charge on any atom is -0.355 e. The highest BCUT2D eigenvalue weighted by Crippen LogP contribution is 2.34. The summed E-state index contributed by atoms with van der Waals surface area (Å²) < 4.78 is 46.1. The van der Waals surface area contributed by atoms with Crippen molar-refractivity contribution in [2.75, 3.05) is 39.4 Å². The number of sulfonamides is 1. The number of aryl methyl sites for hydroxylation is 4. The number of piperidine rings is 2. The Labute approximate surface area is 224 Å². The summed E-state index contributed by atoms with van der Waals surface area (Å²) in [5.74, 6) is -0.724. The lowest BCUT2D eigenvalue weighted by Crippen LogP contribution is -2.51. The average molecular weight is 544 g/mol. The van der Waals surface area contributed by atoms with Gasteiger partial charge in [0.1, 0.15) is 5.69 Å². The van der Waals surface area contributed by atoms with Gasteiger partial charge in [0.2, 0.25) is 15.9 Å². The molecule has 3 aliphatic rings. The van der Waals surface area contributed by atoms with E-state index in [4.69, 9.17) is 14.0 Å². The number of benzene rings is 1. The maximum absolute atomic E-state index is 13.8. The van der Waals surface area contributed by atoms with Crippen molar-refractivity contribution in [3.05, 3.63) is 45.8 Å². The molecule has 1 spiro atoms. The van der Waals surface area contributed by atoms with Crippen LogP contribution >= 0.6 is 0 Å². The molecule has 5 rings (SSSR count). The van der Waals surface area contributed by atoms with Crippen molar-refractivity contribution in [2.45, 2.75) is 64.1 Å². The minimum absolute atomic E-state index is 0.00484. The first-order chi connectivity index (χ1) is 18.1. The highest BCUT2D eigenvalue weighted by Gasteiger charge is 2.43. The lowest BCUT2D eigenvalue weighted by Gasteiger charge is -2.40. The first-order valence-corrected chi connectivity index (χ1v) is 14.8. The van der Waals surface area contributed by atoms with E-state index >= 15 is 0 Å². The summed E-state index contributed by atoms with van der Waals surface area (Å²) in [4.78, 5) is 15.3. The molecule has 0 radical (unpaired) electrons. The predicted octanol–water partition coefficient (Wildman–Crippen LogP) is 3.84. The number of amides is 1. The second-order valence-electron chi connectivity index (χ2n) is 10.7. The zero-order valence-corrected chi connectivity index (χ0v) is 23.5. The van der Waals surface area contributed by atoms with Gasteiger partial charge in [0.05, 0.1) is 19.1 Å². The Morgan fingerprint density at radius 1 is 1.03 bits per heavy atom. The number of hydrogen-bond donors (Lipinski definition) is 0. The van der Waals surface area contributed by atoms with E-state index in [9.17, 15) is 13.2 Å². The van der Waals surface area contributed by atoms with Crippen LogP contribution in [0.1, 0.15) is 59.4 Å². The zero-order chi connectivity index (χ0) is 27.1. The van der Waals surface area contributed by atoms with Gasteiger partial charge in [-0.25, -0.2) is 8.42 Å². The van der Waals surface area contributed by atoms with Crippen LogP contribution in [0, 0.1) is 33.6 Å². The summed E-state index contributed by atoms with van der Waals surface area (Å²) in [6.07, 6.45) is 6.14. The molecule has 10 heteroatoms. The van der Waals surface area contributed by atoms with Crippen LogP contribution in [0.5, 0.6) is 0 Å². The molecule has 0 unspecified atom stereocenters. The number of aromatic nitrogens is 1. The van der Waals surface area contributed by atoms with E-state index in [2.05, 4.69) is 24.2 Å². The normalized spacial score (nSPS) is 22.5. The van der Waals surface area contributed by atoms with Gasteiger partial charge in [0.15, 0.2) is 16.4 Å². The largest absolute Gasteiger partial charge is 0.355 e. The van der Waals surface area contributed by atoms with Gasteiger partial charge in [-0.2, -0.15) is 4.31 Å². The molecule has 0 saturated carbocycles. The van der Waals surface area contributed by atoms with Crippen molar-refractivity contribution in [3.63, 3.8) is 0 Å². The molecule has 2 aromatic rings. The van der Waals surface area contributed by atoms with E-state index < -0.39 is 15.8 Å². The van der Waals surface area contributed by atoms with Crippen molar-refractivity contribution >= 4 is 28.1 Å². The monoisotopic (exact) mass is 543 g/mol. The quantitative estimate of drug-likeness (QED) is 0.565. The Balaban J connectivity index is 1.32. The van der Waals surface area contributed by atoms with Gasteiger partial charge >= 0.3 is 0 Å². The summed E-state index contributed by atoms with van der Waals surface area (Å²) in [6.45, 7) is 10.6. The van der Waals surface area contributed by atoms with Crippen molar-refractivity contribution in [3.8, 4) is 0 Å². The molecule has 1 aromatic heterocycles. The smallest absolute Gasteiger partial charge is 0.248 e. The fourth-order valence-electron chi connectivity index (χ4n) is 6.01. The Hall–Kier alpha value is -2.53. The first kappa shape index (κ1) is 27.1. The molecule has 1 atom stereocenters. The molecule has 0 N–H and O–H groups in total. The summed E-state index contributed by atoms with van der Waals surface area (Å²) in [5.41, 5.74) is 4.72. The molecule has 1 amide bonds. The molecule has 206 valence electrons. The van der Waals surface area contributed by atoms with Gasteiger partial charge in [-0.05, 0) is 63.3 Å². The summed E-state index contributed by atoms with van der Waals surface area (Å²) in [7, 11) is -3.91. The number of carbonyl (C=O) groups excluding carboxylic acids is 1. The molecular weight excluding hydrogens is 506 g/mol. The van der Waals surface area contributed by atoms with Gasteiger partial charge in [0, 0.05) is 39.0 Å². The molecule has 1 aromatic carbocycles. The molecule has 3 aliphatic heterocycles. The lowest BCUT2D eigenvalue weighted by molar-refractivity contribution is -0.188. The van der Waals surface area contributed by atoms with Crippen molar-refractivity contribution in [1.29, 1.82) is 0 Å². The topological polar surface area (TPSA) is 102 Å². The number of nitrogens with zero attached hydrogens (tertiary/aromatic N) is 3. The number of likely N-dealkylation sites (tertiary alicyclic amines) is 1. The van der Waals surface area contributed by atoms with E-state index in [0.717, 1.165) is 16.7 Å². The summed E-state index contributed by atoms with van der Waals surface area (Å²) in [5, 5.41) is 3.98. The Bertz CT molecular complexity index is 1310. The van der Waals surface area contributed by atoms with Gasteiger partial charge in [-0.3, -0.25) is 4.79 Å². The zero-order valence-electron chi connectivity index (χ0n) is 22.7. The number of ether oxygens (including phenoxy) is 2. The Morgan fingerprint density at radius 2 is 1.68 bits per heavy atom. The van der Waals surface area contributed by atoms with Crippen LogP contribution in [-0.2, 0) is 24.3 Å². The average Bonchev–Trinajstić information content (AvgIpc) is 3.50. The van der Waals surface area contributed by atoms with Crippen LogP contribution in [0.3, 0.4) is 0 Å². The molecule has 3 fully saturated rings. The molecule has 0 aliphatic carbocycles. The standard InChI is InChI=1S/C28H37N3O6S/c1-19-16-20(2)24(21(3)17-19)7-8-25-26(22(4)29-37-25)38(33,34)31-11-5-6-23(18-31)27(32)30-12-9-28(10-13-30)35-14-15-36-28/h7-8,16-17,23H,5-6,9-15,18H2,1-4H3/b8-7+/t23-/m0/s1. The van der Waals surface area contributed by atoms with E-state index in [1.165, 1.54) is 9.87 Å². The number of carbonyl (C=O) groups is 1. The maximum atomic E-state index is 13.8. The van der Waals surface area contributed by atoms with Crippen molar-refractivity contribution in [1.82, 2.24) is 14.4 Å². The fraction of sp³-hybridized carbons (Fsp3) is 0.571. The summed E-state index contributed by atoms with van der Waals surface area (Å²) >= 11 is 0. The Kier molecular flexibility index (Phi) is 7.52. The van der Waals surface area contributed by atoms with Gasteiger partial charge < -0.3 is 18.9 Å². The van der Waals surface area contributed by atoms with Crippen LogP contribution in [0.25, 0.3) is 12.2 Å². The molecule has 3 saturated heterocycles. The van der Waals surface area contributed by atoms with Crippen LogP contribution in [0.2, 0.25) is 0 Å². The van der Waals surface area contributed by atoms with E-state index in [-0.39, 0.29) is 29.0 Å². The number of hydrogen-bond acceptors (Lipinski definition) is 7. The van der Waals surface area contributed by atoms with E-state index in [1.807, 2.05) is 24.8 Å². The van der Waals surface area contributed by atoms with Crippen molar-refractivity contribution in [2.24, 2.45) is 5.92 Å². The van der Waals surface area contributed by atoms with Crippen LogP contribution in [0.15, 0.2) is 21.6 Å². The SMILES string of the molecule is Cc1cc(C)c(/C=C/c2onc(C)c2S(=O)(=O)N2CCC[C@H](C(=O)N3CCC4(CC3)OCCO4)C2)c(C)c1. The fourth-order valence-corrected chi connectivity index (χ4v) is 7.79. The third-order valence-electron chi connectivity index (χ3n) is 7.95. The second-order valence-corrected chi connectivity index (χ2v) is 12.6. The third kappa shape index (κ3) is 5.19. The predicted molar refractivity (Wildman–Crippen MR) is 143 cm³/mol. The first-order valence-electron chi connectivity index (χ1n) is 13.4. The third-order valence-corrected chi connectivity index (χ3v) is 9.98. The summed E-state index contributed by atoms with van der Waals surface area (Å²) in [6, 6.07) is 4.19. The molecule has 9 nitrogen and oxygen atoms in total. The van der Waals surface area contributed by atoms with Crippen LogP contribution in [0.4, 0.5) is 0 Å². The molecule has 0 bridgehead atoms. The van der Waals surface area contributed by atoms with Crippen molar-refractivity contribution < 1.29 is 27.2 Å². The lowest BCUT2D eigenvalue weighted by atomic mass is 9.96.